The Bertz CT molecular complexity index is 345. The van der Waals surface area contributed by atoms with E-state index in [-0.39, 0.29) is 12.7 Å². The van der Waals surface area contributed by atoms with Gasteiger partial charge in [0.2, 0.25) is 0 Å². The van der Waals surface area contributed by atoms with E-state index in [4.69, 9.17) is 30.6 Å². The maximum Gasteiger partial charge on any atom is 0.151 e. The number of carbonyl (C=O) groups excluding carboxylic acids is 2. The van der Waals surface area contributed by atoms with E-state index < -0.39 is 43.1 Å². The second kappa shape index (κ2) is 11.4. The van der Waals surface area contributed by atoms with E-state index >= 15 is 0 Å². The number of hydrogen-bond acceptors (Lipinski definition) is 9. The number of aliphatic carboxylic acids is 1. The average molecular weight is 341 g/mol. The Balaban J connectivity index is 0. The Morgan fingerprint density at radius 1 is 1.09 bits per heavy atom. The highest BCUT2D eigenvalue weighted by atomic mass is 16.4. The highest BCUT2D eigenvalue weighted by Crippen LogP contribution is 2.03. The minimum atomic E-state index is -1.79. The summed E-state index contributed by atoms with van der Waals surface area (Å²) in [5.74, 6) is -1.20. The van der Waals surface area contributed by atoms with Crippen molar-refractivity contribution < 1.29 is 49.8 Å². The van der Waals surface area contributed by atoms with E-state index in [0.29, 0.717) is 11.0 Å². The first-order valence-corrected chi connectivity index (χ1v) is 6.82. The van der Waals surface area contributed by atoms with Gasteiger partial charge in [-0.15, -0.1) is 0 Å². The lowest BCUT2D eigenvalue weighted by molar-refractivity contribution is -0.873. The molecule has 0 radical (unpaired) electrons. The van der Waals surface area contributed by atoms with E-state index in [1.807, 2.05) is 21.1 Å². The quantitative estimate of drug-likeness (QED) is 0.177. The topological polar surface area (TPSA) is 179 Å². The molecule has 0 amide bonds. The molecule has 0 rings (SSSR count). The first-order valence-electron chi connectivity index (χ1n) is 6.82. The molecule has 0 aliphatic rings. The molecule has 0 bridgehead atoms. The SMILES string of the molecule is C[N+](C)(C)CC(O)CC(=O)[O-].O=CC(O)C(O)C(O)C(O)CO. The highest BCUT2D eigenvalue weighted by Gasteiger charge is 2.29. The number of carboxylic acid groups (broad SMARTS) is 1. The van der Waals surface area contributed by atoms with Crippen molar-refractivity contribution in [1.82, 2.24) is 0 Å². The maximum absolute atomic E-state index is 10.0. The molecule has 10 nitrogen and oxygen atoms in total. The van der Waals surface area contributed by atoms with Gasteiger partial charge >= 0.3 is 0 Å². The molecule has 0 fully saturated rings. The first kappa shape index (κ1) is 24.1. The molecule has 0 saturated carbocycles. The van der Waals surface area contributed by atoms with Crippen LogP contribution in [0.25, 0.3) is 0 Å². The van der Waals surface area contributed by atoms with Crippen molar-refractivity contribution in [2.45, 2.75) is 36.9 Å². The van der Waals surface area contributed by atoms with Gasteiger partial charge in [-0.1, -0.05) is 0 Å². The molecule has 0 aromatic carbocycles. The predicted molar refractivity (Wildman–Crippen MR) is 75.7 cm³/mol. The van der Waals surface area contributed by atoms with Gasteiger partial charge in [0.15, 0.2) is 6.29 Å². The van der Waals surface area contributed by atoms with Gasteiger partial charge in [0, 0.05) is 12.4 Å². The van der Waals surface area contributed by atoms with Gasteiger partial charge in [-0.3, -0.25) is 0 Å². The number of hydrogen-bond donors (Lipinski definition) is 6. The molecule has 0 saturated heterocycles. The van der Waals surface area contributed by atoms with Gasteiger partial charge < -0.3 is 49.8 Å². The summed E-state index contributed by atoms with van der Waals surface area (Å²) in [5.41, 5.74) is 0. The van der Waals surface area contributed by atoms with Crippen LogP contribution in [-0.2, 0) is 9.59 Å². The lowest BCUT2D eigenvalue weighted by Crippen LogP contribution is -2.46. The molecule has 0 aliphatic carbocycles. The molecule has 5 atom stereocenters. The van der Waals surface area contributed by atoms with Crippen molar-refractivity contribution >= 4 is 12.3 Å². The van der Waals surface area contributed by atoms with E-state index in [1.165, 1.54) is 0 Å². The largest absolute Gasteiger partial charge is 0.550 e. The molecule has 0 aliphatic heterocycles. The number of aliphatic hydroxyl groups excluding tert-OH is 6. The standard InChI is InChI=1S/C7H15NO3.C6H12O6/c1-8(2,3)5-6(9)4-7(10)11;7-1-3(9)5(11)6(12)4(10)2-8/h6,9H,4-5H2,1-3H3;1,3-6,8-12H,2H2. The average Bonchev–Trinajstić information content (AvgIpc) is 2.41. The second-order valence-electron chi connectivity index (χ2n) is 6.06. The smallest absolute Gasteiger partial charge is 0.151 e. The Kier molecular flexibility index (Phi) is 12.0. The molecular formula is C13H27NO9. The molecule has 0 spiro atoms. The van der Waals surface area contributed by atoms with Crippen LogP contribution in [-0.4, -0.2) is 112 Å². The van der Waals surface area contributed by atoms with Crippen LogP contribution in [0, 0.1) is 0 Å². The van der Waals surface area contributed by atoms with Gasteiger partial charge in [-0.25, -0.2) is 0 Å². The van der Waals surface area contributed by atoms with Crippen molar-refractivity contribution in [3.05, 3.63) is 0 Å². The molecule has 10 heteroatoms. The van der Waals surface area contributed by atoms with E-state index in [0.717, 1.165) is 0 Å². The lowest BCUT2D eigenvalue weighted by Gasteiger charge is -2.26. The van der Waals surface area contributed by atoms with Crippen LogP contribution in [0.4, 0.5) is 0 Å². The number of aldehydes is 1. The summed E-state index contributed by atoms with van der Waals surface area (Å²) >= 11 is 0. The fraction of sp³-hybridized carbons (Fsp3) is 0.846. The molecule has 0 heterocycles. The third-order valence-electron chi connectivity index (χ3n) is 2.58. The number of carboxylic acids is 1. The number of quaternary nitrogens is 1. The summed E-state index contributed by atoms with van der Waals surface area (Å²) in [7, 11) is 5.66. The van der Waals surface area contributed by atoms with Crippen LogP contribution in [0.2, 0.25) is 0 Å². The Hall–Kier alpha value is -1.14. The lowest BCUT2D eigenvalue weighted by atomic mass is 10.0. The molecule has 0 aromatic heterocycles. The van der Waals surface area contributed by atoms with Gasteiger partial charge in [0.05, 0.1) is 27.7 Å². The monoisotopic (exact) mass is 341 g/mol. The second-order valence-corrected chi connectivity index (χ2v) is 6.06. The number of carbonyl (C=O) groups is 2. The number of nitrogens with zero attached hydrogens (tertiary/aromatic N) is 1. The van der Waals surface area contributed by atoms with Crippen LogP contribution in [0.1, 0.15) is 6.42 Å². The molecular weight excluding hydrogens is 314 g/mol. The fourth-order valence-electron chi connectivity index (χ4n) is 1.51. The van der Waals surface area contributed by atoms with Crippen LogP contribution < -0.4 is 5.11 Å². The summed E-state index contributed by atoms with van der Waals surface area (Å²) < 4.78 is 0.550. The third-order valence-corrected chi connectivity index (χ3v) is 2.58. The van der Waals surface area contributed by atoms with Crippen molar-refractivity contribution in [3.8, 4) is 0 Å². The van der Waals surface area contributed by atoms with Crippen molar-refractivity contribution in [2.24, 2.45) is 0 Å². The molecule has 6 N–H and O–H groups in total. The minimum Gasteiger partial charge on any atom is -0.550 e. The van der Waals surface area contributed by atoms with Gasteiger partial charge in [0.1, 0.15) is 37.1 Å². The zero-order valence-electron chi connectivity index (χ0n) is 13.4. The zero-order valence-corrected chi connectivity index (χ0v) is 13.4. The predicted octanol–water partition coefficient (Wildman–Crippen LogP) is -5.19. The van der Waals surface area contributed by atoms with Crippen LogP contribution in [0.15, 0.2) is 0 Å². The molecule has 138 valence electrons. The zero-order chi connectivity index (χ0) is 18.8. The maximum atomic E-state index is 10.0. The Morgan fingerprint density at radius 2 is 1.57 bits per heavy atom. The van der Waals surface area contributed by atoms with Gasteiger partial charge in [-0.2, -0.15) is 0 Å². The van der Waals surface area contributed by atoms with Crippen LogP contribution in [0.3, 0.4) is 0 Å². The fourth-order valence-corrected chi connectivity index (χ4v) is 1.51. The number of likely N-dealkylation sites (N-methyl/N-ethyl adjacent to an activating group) is 1. The molecule has 5 unspecified atom stereocenters. The van der Waals surface area contributed by atoms with Crippen LogP contribution in [0.5, 0.6) is 0 Å². The summed E-state index contributed by atoms with van der Waals surface area (Å²) in [5, 5.41) is 62.7. The Labute approximate surface area is 134 Å². The summed E-state index contributed by atoms with van der Waals surface area (Å²) in [6.45, 7) is -0.336. The first-order chi connectivity index (χ1) is 10.4. The van der Waals surface area contributed by atoms with Crippen molar-refractivity contribution in [3.63, 3.8) is 0 Å². The molecule has 0 aromatic rings. The third kappa shape index (κ3) is 13.0. The van der Waals surface area contributed by atoms with Crippen molar-refractivity contribution in [2.75, 3.05) is 34.3 Å². The minimum absolute atomic E-state index is 0.0258. The Morgan fingerprint density at radius 3 is 1.87 bits per heavy atom. The van der Waals surface area contributed by atoms with Gasteiger partial charge in [-0.05, 0) is 0 Å². The van der Waals surface area contributed by atoms with E-state index in [1.54, 1.807) is 0 Å². The van der Waals surface area contributed by atoms with Crippen LogP contribution >= 0.6 is 0 Å². The normalized spacial score (nSPS) is 18.0. The summed E-state index contributed by atoms with van der Waals surface area (Å²) in [6, 6.07) is 0. The van der Waals surface area contributed by atoms with Gasteiger partial charge in [0.25, 0.3) is 0 Å². The number of aliphatic hydroxyl groups is 6. The summed E-state index contributed by atoms with van der Waals surface area (Å²) in [4.78, 5) is 19.9. The number of rotatable bonds is 9. The molecule has 23 heavy (non-hydrogen) atoms. The van der Waals surface area contributed by atoms with Crippen molar-refractivity contribution in [1.29, 1.82) is 0 Å². The summed E-state index contributed by atoms with van der Waals surface area (Å²) in [6.07, 6.45) is -7.93. The van der Waals surface area contributed by atoms with E-state index in [2.05, 4.69) is 0 Å². The highest BCUT2D eigenvalue weighted by molar-refractivity contribution is 5.64. The van der Waals surface area contributed by atoms with E-state index in [9.17, 15) is 14.7 Å².